The Bertz CT molecular complexity index is 982. The van der Waals surface area contributed by atoms with Crippen molar-refractivity contribution in [3.63, 3.8) is 0 Å². The van der Waals surface area contributed by atoms with Crippen LogP contribution in [-0.2, 0) is 11.0 Å². The van der Waals surface area contributed by atoms with E-state index in [1.807, 2.05) is 6.92 Å². The quantitative estimate of drug-likeness (QED) is 0.781. The van der Waals surface area contributed by atoms with Gasteiger partial charge in [-0.05, 0) is 43.9 Å². The zero-order valence-electron chi connectivity index (χ0n) is 17.0. The Morgan fingerprint density at radius 2 is 2.06 bits per heavy atom. The van der Waals surface area contributed by atoms with Crippen molar-refractivity contribution in [2.24, 2.45) is 0 Å². The van der Waals surface area contributed by atoms with Gasteiger partial charge in [0, 0.05) is 18.8 Å². The van der Waals surface area contributed by atoms with Crippen molar-refractivity contribution in [3.8, 4) is 0 Å². The molecule has 0 radical (unpaired) electrons. The highest BCUT2D eigenvalue weighted by Crippen LogP contribution is 2.46. The number of benzene rings is 1. The smallest absolute Gasteiger partial charge is 0.349 e. The fraction of sp³-hybridized carbons (Fsp3) is 0.455. The molecule has 0 aliphatic carbocycles. The third-order valence-corrected chi connectivity index (χ3v) is 6.20. The number of halogens is 3. The third-order valence-electron chi connectivity index (χ3n) is 6.20. The molecule has 0 bridgehead atoms. The van der Waals surface area contributed by atoms with Gasteiger partial charge in [0.05, 0.1) is 29.4 Å². The first-order valence-electron chi connectivity index (χ1n) is 10.3. The molecule has 2 amide bonds. The van der Waals surface area contributed by atoms with Gasteiger partial charge in [0.1, 0.15) is 5.69 Å². The zero-order valence-corrected chi connectivity index (χ0v) is 17.0. The van der Waals surface area contributed by atoms with Crippen LogP contribution >= 0.6 is 0 Å². The van der Waals surface area contributed by atoms with Gasteiger partial charge >= 0.3 is 6.18 Å². The molecule has 1 N–H and O–H groups in total. The van der Waals surface area contributed by atoms with Gasteiger partial charge in [-0.1, -0.05) is 18.6 Å². The van der Waals surface area contributed by atoms with Crippen LogP contribution in [-0.4, -0.2) is 38.3 Å². The predicted octanol–water partition coefficient (Wildman–Crippen LogP) is 3.90. The predicted molar refractivity (Wildman–Crippen MR) is 106 cm³/mol. The fourth-order valence-electron chi connectivity index (χ4n) is 4.78. The number of nitrogens with one attached hydrogen (secondary N) is 1. The van der Waals surface area contributed by atoms with E-state index in [0.29, 0.717) is 31.2 Å². The van der Waals surface area contributed by atoms with Crippen LogP contribution in [0.15, 0.2) is 42.9 Å². The van der Waals surface area contributed by atoms with Gasteiger partial charge in [0.2, 0.25) is 5.91 Å². The molecule has 6 nitrogen and oxygen atoms in total. The second-order valence-corrected chi connectivity index (χ2v) is 8.37. The van der Waals surface area contributed by atoms with Crippen LogP contribution < -0.4 is 5.32 Å². The Kier molecular flexibility index (Phi) is 5.45. The average molecular weight is 432 g/mol. The van der Waals surface area contributed by atoms with E-state index in [9.17, 15) is 22.8 Å². The zero-order chi connectivity index (χ0) is 22.2. The fourth-order valence-corrected chi connectivity index (χ4v) is 4.78. The van der Waals surface area contributed by atoms with Gasteiger partial charge in [0.15, 0.2) is 0 Å². The number of likely N-dealkylation sites (tertiary alicyclic amines) is 1. The summed E-state index contributed by atoms with van der Waals surface area (Å²) in [6, 6.07) is 4.05. The number of carbonyl (C=O) groups is 2. The average Bonchev–Trinajstić information content (AvgIpc) is 3.01. The van der Waals surface area contributed by atoms with Crippen molar-refractivity contribution in [2.45, 2.75) is 62.8 Å². The minimum Gasteiger partial charge on any atom is -0.349 e. The first kappa shape index (κ1) is 21.3. The molecule has 4 rings (SSSR count). The molecule has 0 unspecified atom stereocenters. The summed E-state index contributed by atoms with van der Waals surface area (Å²) in [6.07, 6.45) is 2.50. The van der Waals surface area contributed by atoms with Crippen LogP contribution in [0.25, 0.3) is 0 Å². The molecule has 3 atom stereocenters. The number of amides is 2. The topological polar surface area (TPSA) is 75.2 Å². The second kappa shape index (κ2) is 7.94. The van der Waals surface area contributed by atoms with Crippen molar-refractivity contribution in [1.29, 1.82) is 0 Å². The van der Waals surface area contributed by atoms with Crippen molar-refractivity contribution in [1.82, 2.24) is 20.2 Å². The van der Waals surface area contributed by atoms with Gasteiger partial charge in [0.25, 0.3) is 5.91 Å². The molecule has 2 aliphatic heterocycles. The summed E-state index contributed by atoms with van der Waals surface area (Å²) >= 11 is 0. The van der Waals surface area contributed by atoms with Crippen LogP contribution in [0.5, 0.6) is 0 Å². The van der Waals surface area contributed by atoms with E-state index in [2.05, 4.69) is 15.3 Å². The highest BCUT2D eigenvalue weighted by Gasteiger charge is 2.53. The summed E-state index contributed by atoms with van der Waals surface area (Å²) in [4.78, 5) is 35.5. The molecule has 3 heterocycles. The minimum absolute atomic E-state index is 0.108. The van der Waals surface area contributed by atoms with Crippen LogP contribution in [0.3, 0.4) is 0 Å². The lowest BCUT2D eigenvalue weighted by Crippen LogP contribution is -2.56. The number of nitrogens with zero attached hydrogens (tertiary/aromatic N) is 3. The molecule has 9 heteroatoms. The summed E-state index contributed by atoms with van der Waals surface area (Å²) in [5.41, 5.74) is -1.02. The van der Waals surface area contributed by atoms with Crippen LogP contribution in [0.2, 0.25) is 0 Å². The Hall–Kier alpha value is -2.97. The van der Waals surface area contributed by atoms with Gasteiger partial charge in [-0.25, -0.2) is 4.98 Å². The molecule has 1 aromatic heterocycles. The molecular weight excluding hydrogens is 409 g/mol. The molecule has 31 heavy (non-hydrogen) atoms. The minimum atomic E-state index is -4.49. The Morgan fingerprint density at radius 1 is 1.26 bits per heavy atom. The molecule has 2 aliphatic rings. The van der Waals surface area contributed by atoms with Crippen molar-refractivity contribution in [2.75, 3.05) is 0 Å². The SMILES string of the molecule is C[C@]12C[C@@H](c3cccc(C(F)(F)F)c3)N(C(=O)c3cnccn3)[C@H]1CCCCC(=O)N2. The molecule has 0 spiro atoms. The van der Waals surface area contributed by atoms with Crippen molar-refractivity contribution >= 4 is 11.8 Å². The van der Waals surface area contributed by atoms with E-state index in [1.165, 1.54) is 24.7 Å². The highest BCUT2D eigenvalue weighted by molar-refractivity contribution is 5.93. The first-order chi connectivity index (χ1) is 14.7. The Labute approximate surface area is 177 Å². The lowest BCUT2D eigenvalue weighted by Gasteiger charge is -2.38. The second-order valence-electron chi connectivity index (χ2n) is 8.37. The van der Waals surface area contributed by atoms with E-state index in [0.717, 1.165) is 18.6 Å². The lowest BCUT2D eigenvalue weighted by atomic mass is 9.85. The van der Waals surface area contributed by atoms with Crippen LogP contribution in [0.4, 0.5) is 13.2 Å². The number of aromatic nitrogens is 2. The number of fused-ring (bicyclic) bond motifs is 1. The number of rotatable bonds is 2. The van der Waals surface area contributed by atoms with Gasteiger partial charge in [-0.15, -0.1) is 0 Å². The van der Waals surface area contributed by atoms with Gasteiger partial charge in [-0.3, -0.25) is 14.6 Å². The summed E-state index contributed by atoms with van der Waals surface area (Å²) in [5.74, 6) is -0.511. The number of hydrogen-bond donors (Lipinski definition) is 1. The maximum atomic E-state index is 13.5. The Morgan fingerprint density at radius 3 is 2.77 bits per heavy atom. The summed E-state index contributed by atoms with van der Waals surface area (Å²) in [5, 5.41) is 3.05. The third kappa shape index (κ3) is 4.13. The Balaban J connectivity index is 1.80. The summed E-state index contributed by atoms with van der Waals surface area (Å²) in [6.45, 7) is 1.87. The summed E-state index contributed by atoms with van der Waals surface area (Å²) < 4.78 is 40.0. The molecule has 2 saturated heterocycles. The summed E-state index contributed by atoms with van der Waals surface area (Å²) in [7, 11) is 0. The normalized spacial score (nSPS) is 26.6. The van der Waals surface area contributed by atoms with Crippen LogP contribution in [0.1, 0.15) is 66.7 Å². The van der Waals surface area contributed by atoms with Crippen LogP contribution in [0, 0.1) is 0 Å². The molecule has 2 aromatic rings. The van der Waals surface area contributed by atoms with Gasteiger partial charge in [-0.2, -0.15) is 13.2 Å². The first-order valence-corrected chi connectivity index (χ1v) is 10.3. The number of alkyl halides is 3. The molecular formula is C22H23F3N4O2. The lowest BCUT2D eigenvalue weighted by molar-refractivity contribution is -0.137. The van der Waals surface area contributed by atoms with Crippen molar-refractivity contribution in [3.05, 3.63) is 59.7 Å². The monoisotopic (exact) mass is 432 g/mol. The van der Waals surface area contributed by atoms with Gasteiger partial charge < -0.3 is 10.2 Å². The number of hydrogen-bond acceptors (Lipinski definition) is 4. The standard InChI is InChI=1S/C22H23F3N4O2/c1-21-12-17(14-5-4-6-15(11-14)22(23,24)25)29(20(31)16-13-26-9-10-27-16)18(21)7-2-3-8-19(30)28-21/h4-6,9-11,13,17-18H,2-3,7-8,12H2,1H3,(H,28,30)/t17-,18-,21-/m0/s1. The molecule has 0 saturated carbocycles. The highest BCUT2D eigenvalue weighted by atomic mass is 19.4. The maximum absolute atomic E-state index is 13.5. The molecule has 2 fully saturated rings. The van der Waals surface area contributed by atoms with Crippen molar-refractivity contribution < 1.29 is 22.8 Å². The number of carbonyl (C=O) groups excluding carboxylic acids is 2. The van der Waals surface area contributed by atoms with E-state index < -0.39 is 29.2 Å². The van der Waals surface area contributed by atoms with E-state index in [1.54, 1.807) is 11.0 Å². The maximum Gasteiger partial charge on any atom is 0.416 e. The largest absolute Gasteiger partial charge is 0.416 e. The van der Waals surface area contributed by atoms with E-state index in [-0.39, 0.29) is 17.6 Å². The van der Waals surface area contributed by atoms with E-state index in [4.69, 9.17) is 0 Å². The molecule has 1 aromatic carbocycles. The molecule has 164 valence electrons. The van der Waals surface area contributed by atoms with E-state index >= 15 is 0 Å².